The molecule has 2 N–H and O–H groups in total. The highest BCUT2D eigenvalue weighted by molar-refractivity contribution is 9.10. The molecule has 0 unspecified atom stereocenters. The van der Waals surface area contributed by atoms with Crippen LogP contribution < -0.4 is 10.1 Å². The summed E-state index contributed by atoms with van der Waals surface area (Å²) in [5.41, 5.74) is 2.14. The van der Waals surface area contributed by atoms with E-state index in [1.807, 2.05) is 42.5 Å². The van der Waals surface area contributed by atoms with Crippen molar-refractivity contribution in [3.8, 4) is 5.75 Å². The molecular formula is C18H21BrClNO3. The molecule has 0 bridgehead atoms. The molecular weight excluding hydrogens is 394 g/mol. The summed E-state index contributed by atoms with van der Waals surface area (Å²) in [6.45, 7) is 2.87. The van der Waals surface area contributed by atoms with Crippen LogP contribution in [-0.4, -0.2) is 31.5 Å². The molecule has 2 aromatic carbocycles. The fraction of sp³-hybridized carbons (Fsp3) is 0.333. The van der Waals surface area contributed by atoms with Crippen LogP contribution in [-0.2, 0) is 17.9 Å². The minimum Gasteiger partial charge on any atom is -0.489 e. The van der Waals surface area contributed by atoms with Crippen LogP contribution >= 0.6 is 27.5 Å². The molecule has 6 heteroatoms. The lowest BCUT2D eigenvalue weighted by Crippen LogP contribution is -2.20. The average Bonchev–Trinajstić information content (AvgIpc) is 2.58. The number of halogens is 2. The van der Waals surface area contributed by atoms with Crippen molar-refractivity contribution in [2.24, 2.45) is 0 Å². The molecule has 4 nitrogen and oxygen atoms in total. The molecule has 0 heterocycles. The smallest absolute Gasteiger partial charge is 0.124 e. The Kier molecular flexibility index (Phi) is 8.56. The van der Waals surface area contributed by atoms with Gasteiger partial charge in [-0.1, -0.05) is 39.7 Å². The third-order valence-corrected chi connectivity index (χ3v) is 4.05. The first-order valence-electron chi connectivity index (χ1n) is 7.74. The van der Waals surface area contributed by atoms with Crippen LogP contribution in [0.25, 0.3) is 0 Å². The zero-order chi connectivity index (χ0) is 17.2. The van der Waals surface area contributed by atoms with Gasteiger partial charge in [-0.3, -0.25) is 0 Å². The summed E-state index contributed by atoms with van der Waals surface area (Å²) in [5, 5.41) is 12.7. The van der Waals surface area contributed by atoms with E-state index in [1.54, 1.807) is 0 Å². The number of hydrogen-bond donors (Lipinski definition) is 2. The Morgan fingerprint density at radius 3 is 2.62 bits per heavy atom. The zero-order valence-corrected chi connectivity index (χ0v) is 15.6. The largest absolute Gasteiger partial charge is 0.489 e. The van der Waals surface area contributed by atoms with Crippen molar-refractivity contribution in [1.29, 1.82) is 0 Å². The molecule has 0 fully saturated rings. The highest BCUT2D eigenvalue weighted by atomic mass is 79.9. The van der Waals surface area contributed by atoms with Gasteiger partial charge in [0.05, 0.1) is 19.8 Å². The molecule has 0 spiro atoms. The summed E-state index contributed by atoms with van der Waals surface area (Å²) in [7, 11) is 0. The second kappa shape index (κ2) is 10.7. The summed E-state index contributed by atoms with van der Waals surface area (Å²) < 4.78 is 12.2. The molecule has 0 aliphatic carbocycles. The minimum atomic E-state index is 0.0499. The monoisotopic (exact) mass is 413 g/mol. The van der Waals surface area contributed by atoms with Crippen molar-refractivity contribution in [1.82, 2.24) is 5.32 Å². The van der Waals surface area contributed by atoms with Gasteiger partial charge in [0.15, 0.2) is 0 Å². The number of aliphatic hydroxyl groups excluding tert-OH is 1. The molecule has 0 amide bonds. The molecule has 0 radical (unpaired) electrons. The highest BCUT2D eigenvalue weighted by Crippen LogP contribution is 2.24. The quantitative estimate of drug-likeness (QED) is 0.581. The first-order valence-corrected chi connectivity index (χ1v) is 8.91. The van der Waals surface area contributed by atoms with Crippen molar-refractivity contribution in [3.63, 3.8) is 0 Å². The van der Waals surface area contributed by atoms with E-state index in [0.29, 0.717) is 32.9 Å². The van der Waals surface area contributed by atoms with Crippen LogP contribution in [0.5, 0.6) is 5.75 Å². The second-order valence-electron chi connectivity index (χ2n) is 5.18. The van der Waals surface area contributed by atoms with Crippen LogP contribution in [0.4, 0.5) is 0 Å². The van der Waals surface area contributed by atoms with E-state index in [0.717, 1.165) is 26.4 Å². The highest BCUT2D eigenvalue weighted by Gasteiger charge is 2.05. The first kappa shape index (κ1) is 19.2. The van der Waals surface area contributed by atoms with Gasteiger partial charge in [0.1, 0.15) is 12.4 Å². The Morgan fingerprint density at radius 2 is 1.88 bits per heavy atom. The third-order valence-electron chi connectivity index (χ3n) is 3.30. The molecule has 0 atom stereocenters. The molecule has 0 aromatic heterocycles. The fourth-order valence-electron chi connectivity index (χ4n) is 2.10. The lowest BCUT2D eigenvalue weighted by atomic mass is 10.2. The predicted molar refractivity (Wildman–Crippen MR) is 99.5 cm³/mol. The van der Waals surface area contributed by atoms with Crippen molar-refractivity contribution in [3.05, 3.63) is 63.1 Å². The van der Waals surface area contributed by atoms with Gasteiger partial charge in [-0.05, 0) is 35.9 Å². The number of ether oxygens (including phenoxy) is 2. The van der Waals surface area contributed by atoms with Gasteiger partial charge < -0.3 is 19.9 Å². The molecule has 24 heavy (non-hydrogen) atoms. The van der Waals surface area contributed by atoms with E-state index < -0.39 is 0 Å². The van der Waals surface area contributed by atoms with Gasteiger partial charge in [0.25, 0.3) is 0 Å². The molecule has 130 valence electrons. The number of nitrogens with one attached hydrogen (secondary N) is 1. The molecule has 0 aliphatic heterocycles. The number of rotatable bonds is 10. The SMILES string of the molecule is OCCOCCNCc1cc(Br)ccc1OCc1ccc(Cl)cc1. The van der Waals surface area contributed by atoms with Crippen molar-refractivity contribution in [2.75, 3.05) is 26.4 Å². The molecule has 0 aliphatic rings. The Morgan fingerprint density at radius 1 is 1.08 bits per heavy atom. The molecule has 2 rings (SSSR count). The van der Waals surface area contributed by atoms with Crippen molar-refractivity contribution < 1.29 is 14.6 Å². The second-order valence-corrected chi connectivity index (χ2v) is 6.53. The van der Waals surface area contributed by atoms with E-state index >= 15 is 0 Å². The standard InChI is InChI=1S/C18H21BrClNO3/c19-16-3-6-18(24-13-14-1-4-17(20)5-2-14)15(11-16)12-21-7-9-23-10-8-22/h1-6,11,21-22H,7-10,12-13H2. The minimum absolute atomic E-state index is 0.0499. The van der Waals surface area contributed by atoms with Crippen LogP contribution in [0.1, 0.15) is 11.1 Å². The van der Waals surface area contributed by atoms with Gasteiger partial charge >= 0.3 is 0 Å². The normalized spacial score (nSPS) is 10.8. The average molecular weight is 415 g/mol. The van der Waals surface area contributed by atoms with Gasteiger partial charge in [-0.15, -0.1) is 0 Å². The van der Waals surface area contributed by atoms with Crippen LogP contribution in [0.2, 0.25) is 5.02 Å². The van der Waals surface area contributed by atoms with Crippen molar-refractivity contribution in [2.45, 2.75) is 13.2 Å². The van der Waals surface area contributed by atoms with E-state index in [1.165, 1.54) is 0 Å². The summed E-state index contributed by atoms with van der Waals surface area (Å²) in [4.78, 5) is 0. The maximum atomic E-state index is 8.66. The lowest BCUT2D eigenvalue weighted by Gasteiger charge is -2.13. The Labute approximate surface area is 155 Å². The third kappa shape index (κ3) is 6.79. The van der Waals surface area contributed by atoms with Gasteiger partial charge in [-0.25, -0.2) is 0 Å². The Bertz CT molecular complexity index is 622. The summed E-state index contributed by atoms with van der Waals surface area (Å²) >= 11 is 9.39. The summed E-state index contributed by atoms with van der Waals surface area (Å²) in [6.07, 6.45) is 0. The summed E-state index contributed by atoms with van der Waals surface area (Å²) in [6, 6.07) is 13.6. The number of benzene rings is 2. The molecule has 0 saturated carbocycles. The van der Waals surface area contributed by atoms with Gasteiger partial charge in [-0.2, -0.15) is 0 Å². The summed E-state index contributed by atoms with van der Waals surface area (Å²) in [5.74, 6) is 0.844. The van der Waals surface area contributed by atoms with E-state index in [2.05, 4.69) is 21.2 Å². The Hall–Kier alpha value is -1.11. The number of aliphatic hydroxyl groups is 1. The van der Waals surface area contributed by atoms with Crippen LogP contribution in [0, 0.1) is 0 Å². The molecule has 0 saturated heterocycles. The topological polar surface area (TPSA) is 50.7 Å². The fourth-order valence-corrected chi connectivity index (χ4v) is 2.64. The maximum Gasteiger partial charge on any atom is 0.124 e. The van der Waals surface area contributed by atoms with Gasteiger partial charge in [0.2, 0.25) is 0 Å². The predicted octanol–water partition coefficient (Wildman–Crippen LogP) is 3.78. The van der Waals surface area contributed by atoms with Crippen LogP contribution in [0.15, 0.2) is 46.9 Å². The zero-order valence-electron chi connectivity index (χ0n) is 13.3. The first-order chi connectivity index (χ1) is 11.7. The lowest BCUT2D eigenvalue weighted by molar-refractivity contribution is 0.0937. The van der Waals surface area contributed by atoms with Crippen LogP contribution in [0.3, 0.4) is 0 Å². The number of hydrogen-bond acceptors (Lipinski definition) is 4. The Balaban J connectivity index is 1.88. The van der Waals surface area contributed by atoms with Crippen molar-refractivity contribution >= 4 is 27.5 Å². The van der Waals surface area contributed by atoms with E-state index in [-0.39, 0.29) is 6.61 Å². The maximum absolute atomic E-state index is 8.66. The molecule has 2 aromatic rings. The van der Waals surface area contributed by atoms with E-state index in [4.69, 9.17) is 26.2 Å². The van der Waals surface area contributed by atoms with E-state index in [9.17, 15) is 0 Å². The van der Waals surface area contributed by atoms with Gasteiger partial charge in [0, 0.05) is 28.1 Å².